The lowest BCUT2D eigenvalue weighted by Gasteiger charge is -2.13. The largest absolute Gasteiger partial charge is 0.493 e. The van der Waals surface area contributed by atoms with Crippen molar-refractivity contribution < 1.29 is 9.53 Å². The van der Waals surface area contributed by atoms with Gasteiger partial charge >= 0.3 is 0 Å². The Labute approximate surface area is 147 Å². The van der Waals surface area contributed by atoms with E-state index in [0.29, 0.717) is 13.0 Å². The van der Waals surface area contributed by atoms with Gasteiger partial charge in [-0.25, -0.2) is 0 Å². The maximum atomic E-state index is 11.6. The van der Waals surface area contributed by atoms with Crippen molar-refractivity contribution >= 4 is 11.6 Å². The number of benzene rings is 3. The fraction of sp³-hybridized carbons (Fsp3) is 0.136. The van der Waals surface area contributed by atoms with Crippen LogP contribution in [0.5, 0.6) is 5.75 Å². The van der Waals surface area contributed by atoms with Gasteiger partial charge in [0.05, 0.1) is 13.0 Å². The minimum atomic E-state index is 0.0674. The van der Waals surface area contributed by atoms with E-state index in [1.54, 1.807) is 0 Å². The Morgan fingerprint density at radius 2 is 1.68 bits per heavy atom. The number of amides is 1. The van der Waals surface area contributed by atoms with Gasteiger partial charge in [-0.05, 0) is 28.8 Å². The number of hydrogen-bond acceptors (Lipinski definition) is 2. The van der Waals surface area contributed by atoms with Gasteiger partial charge in [-0.3, -0.25) is 4.79 Å². The smallest absolute Gasteiger partial charge is 0.228 e. The van der Waals surface area contributed by atoms with Crippen LogP contribution in [0.3, 0.4) is 0 Å². The normalized spacial score (nSPS) is 12.6. The summed E-state index contributed by atoms with van der Waals surface area (Å²) >= 11 is 0. The van der Waals surface area contributed by atoms with Gasteiger partial charge in [-0.2, -0.15) is 0 Å². The third-order valence-electron chi connectivity index (χ3n) is 4.49. The third kappa shape index (κ3) is 3.26. The molecule has 1 N–H and O–H groups in total. The number of carbonyl (C=O) groups is 1. The summed E-state index contributed by atoms with van der Waals surface area (Å²) in [6, 6.07) is 24.4. The van der Waals surface area contributed by atoms with Crippen LogP contribution in [0.4, 0.5) is 5.69 Å². The van der Waals surface area contributed by atoms with E-state index in [9.17, 15) is 4.79 Å². The molecular weight excluding hydrogens is 310 g/mol. The quantitative estimate of drug-likeness (QED) is 0.750. The first-order chi connectivity index (χ1) is 12.3. The number of rotatable bonds is 5. The van der Waals surface area contributed by atoms with Gasteiger partial charge in [0.15, 0.2) is 0 Å². The second-order valence-electron chi connectivity index (χ2n) is 6.13. The highest BCUT2D eigenvalue weighted by Gasteiger charge is 2.20. The van der Waals surface area contributed by atoms with E-state index in [-0.39, 0.29) is 5.91 Å². The van der Waals surface area contributed by atoms with Crippen molar-refractivity contribution in [1.29, 1.82) is 0 Å². The minimum Gasteiger partial charge on any atom is -0.493 e. The average molecular weight is 329 g/mol. The Hall–Kier alpha value is -3.07. The van der Waals surface area contributed by atoms with Crippen LogP contribution in [0.1, 0.15) is 11.1 Å². The molecule has 4 rings (SSSR count). The molecular formula is C22H19NO2. The Bertz CT molecular complexity index is 903. The molecule has 0 atom stereocenters. The van der Waals surface area contributed by atoms with Crippen LogP contribution in [-0.4, -0.2) is 12.5 Å². The number of para-hydroxylation sites is 1. The van der Waals surface area contributed by atoms with Gasteiger partial charge < -0.3 is 10.1 Å². The van der Waals surface area contributed by atoms with Crippen LogP contribution in [-0.2, 0) is 17.6 Å². The zero-order valence-electron chi connectivity index (χ0n) is 13.9. The van der Waals surface area contributed by atoms with Crippen molar-refractivity contribution in [2.45, 2.75) is 12.8 Å². The molecule has 124 valence electrons. The summed E-state index contributed by atoms with van der Waals surface area (Å²) in [7, 11) is 0. The van der Waals surface area contributed by atoms with E-state index in [4.69, 9.17) is 4.74 Å². The molecule has 0 spiro atoms. The minimum absolute atomic E-state index is 0.0674. The predicted molar refractivity (Wildman–Crippen MR) is 99.9 cm³/mol. The van der Waals surface area contributed by atoms with Gasteiger partial charge in [-0.15, -0.1) is 0 Å². The SMILES string of the molecule is O=C1Cc2c(CCOc3ccccc3-c3ccccc3)cccc2N1. The second kappa shape index (κ2) is 6.81. The van der Waals surface area contributed by atoms with E-state index in [1.165, 1.54) is 5.56 Å². The molecule has 3 heteroatoms. The number of anilines is 1. The monoisotopic (exact) mass is 329 g/mol. The van der Waals surface area contributed by atoms with Crippen LogP contribution < -0.4 is 10.1 Å². The second-order valence-corrected chi connectivity index (χ2v) is 6.13. The maximum Gasteiger partial charge on any atom is 0.228 e. The highest BCUT2D eigenvalue weighted by molar-refractivity contribution is 5.99. The van der Waals surface area contributed by atoms with E-state index in [1.807, 2.05) is 48.5 Å². The van der Waals surface area contributed by atoms with E-state index in [2.05, 4.69) is 29.6 Å². The summed E-state index contributed by atoms with van der Waals surface area (Å²) < 4.78 is 6.08. The number of carbonyl (C=O) groups excluding carboxylic acids is 1. The lowest BCUT2D eigenvalue weighted by Crippen LogP contribution is -2.05. The van der Waals surface area contributed by atoms with Crippen molar-refractivity contribution in [3.05, 3.63) is 83.9 Å². The van der Waals surface area contributed by atoms with E-state index < -0.39 is 0 Å². The van der Waals surface area contributed by atoms with Crippen molar-refractivity contribution in [3.63, 3.8) is 0 Å². The number of hydrogen-bond donors (Lipinski definition) is 1. The van der Waals surface area contributed by atoms with Crippen LogP contribution in [0.2, 0.25) is 0 Å². The molecule has 0 saturated heterocycles. The van der Waals surface area contributed by atoms with Crippen LogP contribution in [0.15, 0.2) is 72.8 Å². The van der Waals surface area contributed by atoms with Crippen LogP contribution >= 0.6 is 0 Å². The lowest BCUT2D eigenvalue weighted by molar-refractivity contribution is -0.115. The Morgan fingerprint density at radius 1 is 0.880 bits per heavy atom. The molecule has 1 amide bonds. The molecule has 3 aromatic rings. The van der Waals surface area contributed by atoms with Crippen molar-refractivity contribution in [2.75, 3.05) is 11.9 Å². The van der Waals surface area contributed by atoms with Gasteiger partial charge in [0.2, 0.25) is 5.91 Å². The zero-order valence-corrected chi connectivity index (χ0v) is 13.9. The van der Waals surface area contributed by atoms with Crippen LogP contribution in [0.25, 0.3) is 11.1 Å². The van der Waals surface area contributed by atoms with Gasteiger partial charge in [0.25, 0.3) is 0 Å². The van der Waals surface area contributed by atoms with E-state index >= 15 is 0 Å². The summed E-state index contributed by atoms with van der Waals surface area (Å²) in [5, 5.41) is 2.90. The topological polar surface area (TPSA) is 38.3 Å². The Morgan fingerprint density at radius 3 is 2.56 bits per heavy atom. The molecule has 3 nitrogen and oxygen atoms in total. The van der Waals surface area contributed by atoms with Crippen molar-refractivity contribution in [3.8, 4) is 16.9 Å². The lowest BCUT2D eigenvalue weighted by atomic mass is 10.0. The average Bonchev–Trinajstić information content (AvgIpc) is 3.04. The molecule has 0 bridgehead atoms. The predicted octanol–water partition coefficient (Wildman–Crippen LogP) is 4.47. The molecule has 1 aliphatic heterocycles. The van der Waals surface area contributed by atoms with Crippen molar-refractivity contribution in [2.24, 2.45) is 0 Å². The first-order valence-corrected chi connectivity index (χ1v) is 8.49. The molecule has 0 aliphatic carbocycles. The van der Waals surface area contributed by atoms with Gasteiger partial charge in [0, 0.05) is 17.7 Å². The number of ether oxygens (including phenoxy) is 1. The first-order valence-electron chi connectivity index (χ1n) is 8.49. The molecule has 0 aromatic heterocycles. The summed E-state index contributed by atoms with van der Waals surface area (Å²) in [4.78, 5) is 11.6. The molecule has 1 heterocycles. The number of nitrogens with one attached hydrogen (secondary N) is 1. The first kappa shape index (κ1) is 15.5. The molecule has 3 aromatic carbocycles. The standard InChI is InChI=1S/C22H19NO2/c24-22-15-19-17(9-6-11-20(19)23-22)13-14-25-21-12-5-4-10-18(21)16-7-2-1-3-8-16/h1-12H,13-15H2,(H,23,24). The van der Waals surface area contributed by atoms with Crippen LogP contribution in [0, 0.1) is 0 Å². The van der Waals surface area contributed by atoms with Gasteiger partial charge in [-0.1, -0.05) is 60.7 Å². The fourth-order valence-corrected chi connectivity index (χ4v) is 3.27. The molecule has 25 heavy (non-hydrogen) atoms. The Balaban J connectivity index is 1.49. The summed E-state index contributed by atoms with van der Waals surface area (Å²) in [5.74, 6) is 0.952. The van der Waals surface area contributed by atoms with Gasteiger partial charge in [0.1, 0.15) is 5.75 Å². The molecule has 0 fully saturated rings. The maximum absolute atomic E-state index is 11.6. The summed E-state index contributed by atoms with van der Waals surface area (Å²) in [5.41, 5.74) is 5.46. The highest BCUT2D eigenvalue weighted by atomic mass is 16.5. The fourth-order valence-electron chi connectivity index (χ4n) is 3.27. The summed E-state index contributed by atoms with van der Waals surface area (Å²) in [6.07, 6.45) is 1.24. The number of fused-ring (bicyclic) bond motifs is 1. The van der Waals surface area contributed by atoms with Crippen molar-refractivity contribution in [1.82, 2.24) is 0 Å². The van der Waals surface area contributed by atoms with E-state index in [0.717, 1.165) is 34.5 Å². The third-order valence-corrected chi connectivity index (χ3v) is 4.49. The molecule has 0 unspecified atom stereocenters. The molecule has 0 saturated carbocycles. The highest BCUT2D eigenvalue weighted by Crippen LogP contribution is 2.30. The zero-order chi connectivity index (χ0) is 17.1. The Kier molecular flexibility index (Phi) is 4.21. The summed E-state index contributed by atoms with van der Waals surface area (Å²) in [6.45, 7) is 0.578. The molecule has 1 aliphatic rings. The molecule has 0 radical (unpaired) electrons.